The lowest BCUT2D eigenvalue weighted by molar-refractivity contribution is -0.141. The van der Waals surface area contributed by atoms with Gasteiger partial charge in [-0.15, -0.1) is 0 Å². The first-order valence-electron chi connectivity index (χ1n) is 11.2. The van der Waals surface area contributed by atoms with Crippen LogP contribution in [0.2, 0.25) is 0 Å². The number of aliphatic carboxylic acids is 1. The Morgan fingerprint density at radius 1 is 0.944 bits per heavy atom. The van der Waals surface area contributed by atoms with Crippen molar-refractivity contribution in [2.24, 2.45) is 0 Å². The molecule has 0 aliphatic carbocycles. The van der Waals surface area contributed by atoms with Crippen molar-refractivity contribution >= 4 is 29.5 Å². The number of carboxylic acid groups (broad SMARTS) is 1. The molecule has 5 N–H and O–H groups in total. The molecule has 10 heteroatoms. The molecule has 4 amide bonds. The first-order valence-corrected chi connectivity index (χ1v) is 11.2. The Hall–Kier alpha value is -4.73. The molecule has 3 aromatic rings. The van der Waals surface area contributed by atoms with Gasteiger partial charge in [-0.3, -0.25) is 14.6 Å². The predicted octanol–water partition coefficient (Wildman–Crippen LogP) is 2.51. The lowest BCUT2D eigenvalue weighted by Gasteiger charge is -2.16. The van der Waals surface area contributed by atoms with Crippen LogP contribution < -0.4 is 21.3 Å². The van der Waals surface area contributed by atoms with Crippen LogP contribution in [0.15, 0.2) is 79.1 Å². The SMILES string of the molecule is CC(NC(=O)Nc1cccc(C(=O)NCC(=O)NC(Cc2cccnc2)C(=O)O)c1)c1ccccc1. The summed E-state index contributed by atoms with van der Waals surface area (Å²) < 4.78 is 0. The van der Waals surface area contributed by atoms with E-state index in [2.05, 4.69) is 26.3 Å². The molecule has 2 unspecified atom stereocenters. The third kappa shape index (κ3) is 7.94. The second kappa shape index (κ2) is 12.7. The van der Waals surface area contributed by atoms with Gasteiger partial charge in [-0.05, 0) is 42.3 Å². The Labute approximate surface area is 208 Å². The average Bonchev–Trinajstić information content (AvgIpc) is 2.88. The van der Waals surface area contributed by atoms with Crippen molar-refractivity contribution in [3.63, 3.8) is 0 Å². The average molecular weight is 490 g/mol. The molecule has 10 nitrogen and oxygen atoms in total. The minimum atomic E-state index is -1.20. The van der Waals surface area contributed by atoms with Gasteiger partial charge in [0.2, 0.25) is 5.91 Å². The molecule has 1 heterocycles. The van der Waals surface area contributed by atoms with E-state index in [0.29, 0.717) is 11.3 Å². The topological polar surface area (TPSA) is 150 Å². The maximum atomic E-state index is 12.5. The molecule has 3 rings (SSSR count). The van der Waals surface area contributed by atoms with Gasteiger partial charge in [0.05, 0.1) is 12.6 Å². The molecule has 0 aliphatic heterocycles. The summed E-state index contributed by atoms with van der Waals surface area (Å²) in [6.07, 6.45) is 3.14. The number of nitrogens with one attached hydrogen (secondary N) is 4. The number of aromatic nitrogens is 1. The van der Waals surface area contributed by atoms with Crippen LogP contribution in [-0.4, -0.2) is 46.5 Å². The Morgan fingerprint density at radius 2 is 1.72 bits per heavy atom. The molecule has 1 aromatic heterocycles. The zero-order valence-corrected chi connectivity index (χ0v) is 19.6. The van der Waals surface area contributed by atoms with Gasteiger partial charge >= 0.3 is 12.0 Å². The molecule has 36 heavy (non-hydrogen) atoms. The molecule has 0 saturated carbocycles. The molecule has 0 bridgehead atoms. The number of benzene rings is 2. The summed E-state index contributed by atoms with van der Waals surface area (Å²) in [4.78, 5) is 52.6. The number of carboxylic acids is 1. The highest BCUT2D eigenvalue weighted by molar-refractivity contribution is 5.98. The van der Waals surface area contributed by atoms with Crippen molar-refractivity contribution in [2.75, 3.05) is 11.9 Å². The minimum absolute atomic E-state index is 0.0571. The lowest BCUT2D eigenvalue weighted by Crippen LogP contribution is -2.46. The van der Waals surface area contributed by atoms with Crippen molar-refractivity contribution < 1.29 is 24.3 Å². The van der Waals surface area contributed by atoms with Crippen LogP contribution in [0.25, 0.3) is 0 Å². The van der Waals surface area contributed by atoms with Crippen LogP contribution >= 0.6 is 0 Å². The van der Waals surface area contributed by atoms with Crippen molar-refractivity contribution in [1.29, 1.82) is 0 Å². The molecule has 186 valence electrons. The van der Waals surface area contributed by atoms with E-state index in [-0.39, 0.29) is 18.0 Å². The number of anilines is 1. The third-order valence-electron chi connectivity index (χ3n) is 5.24. The first-order chi connectivity index (χ1) is 17.3. The van der Waals surface area contributed by atoms with E-state index in [4.69, 9.17) is 0 Å². The van der Waals surface area contributed by atoms with E-state index in [1.54, 1.807) is 30.5 Å². The van der Waals surface area contributed by atoms with Gasteiger partial charge in [0.1, 0.15) is 6.04 Å². The van der Waals surface area contributed by atoms with Gasteiger partial charge in [-0.25, -0.2) is 9.59 Å². The van der Waals surface area contributed by atoms with Gasteiger partial charge in [-0.2, -0.15) is 0 Å². The maximum absolute atomic E-state index is 12.5. The summed E-state index contributed by atoms with van der Waals surface area (Å²) in [5, 5.41) is 19.8. The molecule has 0 saturated heterocycles. The minimum Gasteiger partial charge on any atom is -0.480 e. The Bertz CT molecular complexity index is 1200. The summed E-state index contributed by atoms with van der Waals surface area (Å²) >= 11 is 0. The predicted molar refractivity (Wildman–Crippen MR) is 133 cm³/mol. The number of pyridine rings is 1. The fourth-order valence-corrected chi connectivity index (χ4v) is 3.39. The standard InChI is InChI=1S/C26H27N5O5/c1-17(19-8-3-2-4-9-19)29-26(36)30-21-11-5-10-20(14-21)24(33)28-16-23(32)31-22(25(34)35)13-18-7-6-12-27-15-18/h2-12,14-15,17,22H,13,16H2,1H3,(H,28,33)(H,31,32)(H,34,35)(H2,29,30,36). The quantitative estimate of drug-likeness (QED) is 0.295. The van der Waals surface area contributed by atoms with E-state index in [1.165, 1.54) is 18.3 Å². The molecule has 0 aliphatic rings. The molecular weight excluding hydrogens is 462 g/mol. The zero-order chi connectivity index (χ0) is 25.9. The van der Waals surface area contributed by atoms with E-state index < -0.39 is 36.4 Å². The van der Waals surface area contributed by atoms with Crippen LogP contribution in [0.1, 0.15) is 34.5 Å². The summed E-state index contributed by atoms with van der Waals surface area (Å²) in [5.41, 5.74) is 2.22. The summed E-state index contributed by atoms with van der Waals surface area (Å²) in [5.74, 6) is -2.40. The van der Waals surface area contributed by atoms with E-state index in [0.717, 1.165) is 5.56 Å². The highest BCUT2D eigenvalue weighted by atomic mass is 16.4. The zero-order valence-electron chi connectivity index (χ0n) is 19.6. The van der Waals surface area contributed by atoms with Gasteiger partial charge in [-0.1, -0.05) is 42.5 Å². The molecule has 0 spiro atoms. The molecule has 2 aromatic carbocycles. The highest BCUT2D eigenvalue weighted by Crippen LogP contribution is 2.13. The van der Waals surface area contributed by atoms with Crippen molar-refractivity contribution in [1.82, 2.24) is 20.9 Å². The second-order valence-electron chi connectivity index (χ2n) is 8.02. The number of hydrogen-bond donors (Lipinski definition) is 5. The molecule has 0 fully saturated rings. The second-order valence-corrected chi connectivity index (χ2v) is 8.02. The van der Waals surface area contributed by atoms with E-state index in [9.17, 15) is 24.3 Å². The molecule has 2 atom stereocenters. The largest absolute Gasteiger partial charge is 0.480 e. The fraction of sp³-hybridized carbons (Fsp3) is 0.192. The van der Waals surface area contributed by atoms with E-state index >= 15 is 0 Å². The van der Waals surface area contributed by atoms with Crippen molar-refractivity contribution in [3.8, 4) is 0 Å². The smallest absolute Gasteiger partial charge is 0.326 e. The Morgan fingerprint density at radius 3 is 2.42 bits per heavy atom. The Kier molecular flexibility index (Phi) is 9.10. The molecule has 0 radical (unpaired) electrons. The van der Waals surface area contributed by atoms with Crippen LogP contribution in [0.5, 0.6) is 0 Å². The normalized spacial score (nSPS) is 12.0. The Balaban J connectivity index is 1.50. The summed E-state index contributed by atoms with van der Waals surface area (Å²) in [7, 11) is 0. The summed E-state index contributed by atoms with van der Waals surface area (Å²) in [6.45, 7) is 1.44. The van der Waals surface area contributed by atoms with Gasteiger partial charge in [0.15, 0.2) is 0 Å². The maximum Gasteiger partial charge on any atom is 0.326 e. The first kappa shape index (κ1) is 25.9. The van der Waals surface area contributed by atoms with Crippen molar-refractivity contribution in [3.05, 3.63) is 95.8 Å². The number of carbonyl (C=O) groups excluding carboxylic acids is 3. The fourth-order valence-electron chi connectivity index (χ4n) is 3.39. The monoisotopic (exact) mass is 489 g/mol. The van der Waals surface area contributed by atoms with Gasteiger partial charge in [0, 0.05) is 30.1 Å². The lowest BCUT2D eigenvalue weighted by atomic mass is 10.1. The van der Waals surface area contributed by atoms with Crippen LogP contribution in [0.4, 0.5) is 10.5 Å². The number of carbonyl (C=O) groups is 4. The number of amides is 4. The van der Waals surface area contributed by atoms with Gasteiger partial charge < -0.3 is 26.4 Å². The number of hydrogen-bond acceptors (Lipinski definition) is 5. The molecular formula is C26H27N5O5. The number of rotatable bonds is 10. The van der Waals surface area contributed by atoms with E-state index in [1.807, 2.05) is 37.3 Å². The van der Waals surface area contributed by atoms with Crippen molar-refractivity contribution in [2.45, 2.75) is 25.4 Å². The van der Waals surface area contributed by atoms with Crippen LogP contribution in [0, 0.1) is 0 Å². The van der Waals surface area contributed by atoms with Crippen LogP contribution in [-0.2, 0) is 16.0 Å². The van der Waals surface area contributed by atoms with Crippen LogP contribution in [0.3, 0.4) is 0 Å². The van der Waals surface area contributed by atoms with Gasteiger partial charge in [0.25, 0.3) is 5.91 Å². The number of nitrogens with zero attached hydrogens (tertiary/aromatic N) is 1. The third-order valence-corrected chi connectivity index (χ3v) is 5.24. The number of urea groups is 1. The highest BCUT2D eigenvalue weighted by Gasteiger charge is 2.21. The summed E-state index contributed by atoms with van der Waals surface area (Å²) in [6, 6.07) is 17.3.